The van der Waals surface area contributed by atoms with E-state index < -0.39 is 7.29 Å². The van der Waals surface area contributed by atoms with Gasteiger partial charge in [0.2, 0.25) is 0 Å². The summed E-state index contributed by atoms with van der Waals surface area (Å²) in [5, 5.41) is -0.0653. The van der Waals surface area contributed by atoms with Crippen molar-refractivity contribution in [1.29, 1.82) is 0 Å². The van der Waals surface area contributed by atoms with Crippen molar-refractivity contribution in [3.05, 3.63) is 40.7 Å². The van der Waals surface area contributed by atoms with Crippen LogP contribution < -0.4 is 4.90 Å². The van der Waals surface area contributed by atoms with Gasteiger partial charge in [0.15, 0.2) is 7.29 Å². The van der Waals surface area contributed by atoms with E-state index in [1.54, 1.807) is 0 Å². The van der Waals surface area contributed by atoms with Crippen molar-refractivity contribution in [3.8, 4) is 0 Å². The number of para-hydroxylation sites is 1. The Morgan fingerprint density at radius 2 is 1.36 bits per heavy atom. The third kappa shape index (κ3) is 3.90. The predicted molar refractivity (Wildman–Crippen MR) is 125 cm³/mol. The number of anilines is 1. The fraction of sp³-hybridized carbons (Fsp3) is 0.652. The molecule has 1 aliphatic heterocycles. The van der Waals surface area contributed by atoms with Crippen LogP contribution in [0.5, 0.6) is 0 Å². The van der Waals surface area contributed by atoms with Crippen molar-refractivity contribution < 1.29 is 4.57 Å². The molecule has 0 aromatic heterocycles. The first-order valence-electron chi connectivity index (χ1n) is 10.3. The smallest absolute Gasteiger partial charge is 0.183 e. The van der Waals surface area contributed by atoms with Gasteiger partial charge in [-0.25, -0.2) is 0 Å². The van der Waals surface area contributed by atoms with E-state index in [2.05, 4.69) is 92.3 Å². The van der Waals surface area contributed by atoms with Gasteiger partial charge in [-0.05, 0) is 23.0 Å². The Morgan fingerprint density at radius 1 is 0.929 bits per heavy atom. The largest absolute Gasteiger partial charge is 0.312 e. The number of rotatable bonds is 4. The van der Waals surface area contributed by atoms with E-state index in [9.17, 15) is 4.57 Å². The molecule has 1 aromatic carbocycles. The average Bonchev–Trinajstić information content (AvgIpc) is 2.92. The summed E-state index contributed by atoms with van der Waals surface area (Å²) in [6, 6.07) is 6.51. The molecular formula is C23H38ClN2OP. The van der Waals surface area contributed by atoms with Gasteiger partial charge in [0.1, 0.15) is 11.8 Å². The number of hydrogen-bond donors (Lipinski definition) is 0. The molecule has 2 rings (SSSR count). The Morgan fingerprint density at radius 3 is 1.71 bits per heavy atom. The van der Waals surface area contributed by atoms with E-state index in [-0.39, 0.29) is 10.3 Å². The second-order valence-electron chi connectivity index (χ2n) is 10.5. The van der Waals surface area contributed by atoms with E-state index in [1.807, 2.05) is 10.9 Å². The maximum atomic E-state index is 14.4. The summed E-state index contributed by atoms with van der Waals surface area (Å²) in [7, 11) is -2.78. The number of halogens is 1. The van der Waals surface area contributed by atoms with Crippen LogP contribution in [0.4, 0.5) is 5.69 Å². The van der Waals surface area contributed by atoms with Crippen molar-refractivity contribution in [2.75, 3.05) is 11.6 Å². The molecule has 0 aliphatic carbocycles. The SMILES string of the molecule is CC(C)c1cccc(C(C)C)c1N1CN(P(=O)(C(C)(C)C)C(C)(C)C)C=C1Cl. The highest BCUT2D eigenvalue weighted by atomic mass is 35.5. The predicted octanol–water partition coefficient (Wildman–Crippen LogP) is 7.93. The standard InChI is InChI=1S/C23H38ClN2OP/c1-16(2)18-12-11-13-19(17(3)4)21(18)26-15-25(14-20(26)24)28(27,22(5,6)7)23(8,9)10/h11-14,16-17H,15H2,1-10H3. The first kappa shape index (κ1) is 23.4. The van der Waals surface area contributed by atoms with Gasteiger partial charge in [-0.15, -0.1) is 0 Å². The lowest BCUT2D eigenvalue weighted by Crippen LogP contribution is -2.39. The molecule has 5 heteroatoms. The molecule has 0 bridgehead atoms. The summed E-state index contributed by atoms with van der Waals surface area (Å²) in [5.41, 5.74) is 3.73. The monoisotopic (exact) mass is 424 g/mol. The molecule has 0 atom stereocenters. The Labute approximate surface area is 177 Å². The maximum absolute atomic E-state index is 14.4. The molecule has 0 saturated heterocycles. The molecule has 0 radical (unpaired) electrons. The molecule has 28 heavy (non-hydrogen) atoms. The van der Waals surface area contributed by atoms with Crippen LogP contribution in [0.2, 0.25) is 0 Å². The van der Waals surface area contributed by atoms with Gasteiger partial charge in [-0.1, -0.05) is 99.0 Å². The van der Waals surface area contributed by atoms with Crippen molar-refractivity contribution in [1.82, 2.24) is 4.67 Å². The molecule has 1 heterocycles. The van der Waals surface area contributed by atoms with E-state index in [0.717, 1.165) is 0 Å². The van der Waals surface area contributed by atoms with E-state index in [1.165, 1.54) is 16.8 Å². The van der Waals surface area contributed by atoms with Crippen LogP contribution in [0.1, 0.15) is 92.2 Å². The average molecular weight is 425 g/mol. The fourth-order valence-electron chi connectivity index (χ4n) is 4.39. The summed E-state index contributed by atoms with van der Waals surface area (Å²) in [6.07, 6.45) is 1.90. The van der Waals surface area contributed by atoms with Gasteiger partial charge >= 0.3 is 0 Å². The quantitative estimate of drug-likeness (QED) is 0.362. The van der Waals surface area contributed by atoms with Gasteiger partial charge < -0.3 is 9.57 Å². The molecule has 0 N–H and O–H groups in total. The molecule has 158 valence electrons. The van der Waals surface area contributed by atoms with Gasteiger partial charge in [0, 0.05) is 16.5 Å². The molecule has 0 unspecified atom stereocenters. The minimum absolute atomic E-state index is 0.354. The van der Waals surface area contributed by atoms with Crippen LogP contribution >= 0.6 is 18.9 Å². The number of hydrogen-bond acceptors (Lipinski definition) is 2. The van der Waals surface area contributed by atoms with Crippen LogP contribution in [-0.2, 0) is 4.57 Å². The van der Waals surface area contributed by atoms with Gasteiger partial charge in [-0.2, -0.15) is 0 Å². The van der Waals surface area contributed by atoms with E-state index >= 15 is 0 Å². The summed E-state index contributed by atoms with van der Waals surface area (Å²) < 4.78 is 16.4. The lowest BCUT2D eigenvalue weighted by atomic mass is 9.92. The van der Waals surface area contributed by atoms with Crippen LogP contribution in [0, 0.1) is 0 Å². The third-order valence-corrected chi connectivity index (χ3v) is 10.5. The van der Waals surface area contributed by atoms with Gasteiger partial charge in [0.25, 0.3) is 0 Å². The fourth-order valence-corrected chi connectivity index (χ4v) is 8.85. The van der Waals surface area contributed by atoms with Crippen molar-refractivity contribution in [3.63, 3.8) is 0 Å². The van der Waals surface area contributed by atoms with Crippen LogP contribution in [0.15, 0.2) is 29.6 Å². The van der Waals surface area contributed by atoms with Gasteiger partial charge in [0.05, 0.1) is 5.69 Å². The second kappa shape index (κ2) is 7.73. The zero-order valence-corrected chi connectivity index (χ0v) is 20.9. The molecule has 3 nitrogen and oxygen atoms in total. The maximum Gasteiger partial charge on any atom is 0.183 e. The van der Waals surface area contributed by atoms with Gasteiger partial charge in [-0.3, -0.25) is 4.57 Å². The number of benzene rings is 1. The van der Waals surface area contributed by atoms with Crippen molar-refractivity contribution in [2.24, 2.45) is 0 Å². The zero-order chi connectivity index (χ0) is 21.7. The summed E-state index contributed by atoms with van der Waals surface area (Å²) in [6.45, 7) is 21.8. The first-order chi connectivity index (χ1) is 12.6. The lowest BCUT2D eigenvalue weighted by Gasteiger charge is -2.46. The minimum atomic E-state index is -2.78. The molecule has 0 amide bonds. The number of nitrogens with zero attached hydrogens (tertiary/aromatic N) is 2. The zero-order valence-electron chi connectivity index (χ0n) is 19.3. The molecule has 0 saturated carbocycles. The summed E-state index contributed by atoms with van der Waals surface area (Å²) >= 11 is 6.79. The Hall–Kier alpha value is -0.920. The molecule has 0 fully saturated rings. The molecular weight excluding hydrogens is 387 g/mol. The molecule has 1 aromatic rings. The third-order valence-electron chi connectivity index (χ3n) is 5.59. The van der Waals surface area contributed by atoms with Crippen molar-refractivity contribution >= 4 is 24.6 Å². The summed E-state index contributed by atoms with van der Waals surface area (Å²) in [5.74, 6) is 0.758. The Bertz CT molecular complexity index is 756. The lowest BCUT2D eigenvalue weighted by molar-refractivity contribution is 0.448. The first-order valence-corrected chi connectivity index (χ1v) is 12.3. The normalized spacial score (nSPS) is 16.4. The molecule has 1 aliphatic rings. The van der Waals surface area contributed by atoms with Crippen LogP contribution in [0.3, 0.4) is 0 Å². The minimum Gasteiger partial charge on any atom is -0.312 e. The topological polar surface area (TPSA) is 23.6 Å². The summed E-state index contributed by atoms with van der Waals surface area (Å²) in [4.78, 5) is 2.15. The highest BCUT2D eigenvalue weighted by molar-refractivity contribution is 7.64. The molecule has 0 spiro atoms. The highest BCUT2D eigenvalue weighted by Gasteiger charge is 2.51. The van der Waals surface area contributed by atoms with Crippen LogP contribution in [-0.4, -0.2) is 21.7 Å². The highest BCUT2D eigenvalue weighted by Crippen LogP contribution is 2.70. The van der Waals surface area contributed by atoms with E-state index in [4.69, 9.17) is 11.6 Å². The van der Waals surface area contributed by atoms with E-state index in [0.29, 0.717) is 23.7 Å². The Kier molecular flexibility index (Phi) is 6.45. The second-order valence-corrected chi connectivity index (χ2v) is 15.2. The Balaban J connectivity index is 2.61. The van der Waals surface area contributed by atoms with Crippen molar-refractivity contribution in [2.45, 2.75) is 91.4 Å². The van der Waals surface area contributed by atoms with Crippen LogP contribution in [0.25, 0.3) is 0 Å².